The monoisotopic (exact) mass is 1300 g/mol. The van der Waals surface area contributed by atoms with Crippen LogP contribution in [0.25, 0.3) is 0 Å². The molecule has 0 aliphatic heterocycles. The molecule has 522 valence electrons. The van der Waals surface area contributed by atoms with Crippen molar-refractivity contribution in [2.75, 3.05) is 39.6 Å². The topological polar surface area (TPSA) is 237 Å². The predicted molar refractivity (Wildman–Crippen MR) is 354 cm³/mol. The SMILES string of the molecule is CCC(C)CCCCCCCCC(=O)OC[C@H](COP(=O)(O)OCC(O)COP(=O)(O)OC[C@@H](COC(=O)CCCCCCCCCC(C)C)OC(=O)CCCCCCCCCCCCCCCC(C)C)OC(=O)CCCCCCCCCCCC(C)C. The lowest BCUT2D eigenvalue weighted by Gasteiger charge is -2.21. The Hall–Kier alpha value is -1.94. The molecular weight excluding hydrogens is 1160 g/mol. The average molecular weight is 1300 g/mol. The number of unbranched alkanes of at least 4 members (excludes halogenated alkanes) is 31. The van der Waals surface area contributed by atoms with Crippen LogP contribution in [0.5, 0.6) is 0 Å². The zero-order valence-electron chi connectivity index (χ0n) is 57.3. The Balaban J connectivity index is 5.24. The Morgan fingerprint density at radius 2 is 0.545 bits per heavy atom. The number of hydrogen-bond acceptors (Lipinski definition) is 15. The van der Waals surface area contributed by atoms with E-state index >= 15 is 0 Å². The molecule has 17 nitrogen and oxygen atoms in total. The molecule has 0 aromatic rings. The minimum Gasteiger partial charge on any atom is -0.462 e. The predicted octanol–water partition coefficient (Wildman–Crippen LogP) is 19.3. The Labute approximate surface area is 537 Å². The van der Waals surface area contributed by atoms with Crippen molar-refractivity contribution in [1.82, 2.24) is 0 Å². The average Bonchev–Trinajstić information content (AvgIpc) is 3.70. The third kappa shape index (κ3) is 61.6. The maximum absolute atomic E-state index is 13.0. The first-order valence-electron chi connectivity index (χ1n) is 35.7. The molecule has 0 fully saturated rings. The number of phosphoric ester groups is 2. The lowest BCUT2D eigenvalue weighted by Crippen LogP contribution is -2.30. The summed E-state index contributed by atoms with van der Waals surface area (Å²) in [4.78, 5) is 72.5. The summed E-state index contributed by atoms with van der Waals surface area (Å²) in [5.74, 6) is 0.826. The lowest BCUT2D eigenvalue weighted by atomic mass is 10.00. The first-order chi connectivity index (χ1) is 42.1. The highest BCUT2D eigenvalue weighted by molar-refractivity contribution is 7.47. The van der Waals surface area contributed by atoms with Gasteiger partial charge >= 0.3 is 39.5 Å². The molecule has 19 heteroatoms. The summed E-state index contributed by atoms with van der Waals surface area (Å²) in [7, 11) is -9.90. The van der Waals surface area contributed by atoms with E-state index in [4.69, 9.17) is 37.0 Å². The van der Waals surface area contributed by atoms with E-state index in [0.717, 1.165) is 120 Å². The van der Waals surface area contributed by atoms with Crippen LogP contribution in [0.15, 0.2) is 0 Å². The van der Waals surface area contributed by atoms with Crippen molar-refractivity contribution in [3.63, 3.8) is 0 Å². The van der Waals surface area contributed by atoms with Crippen LogP contribution in [0.4, 0.5) is 0 Å². The lowest BCUT2D eigenvalue weighted by molar-refractivity contribution is -0.161. The zero-order chi connectivity index (χ0) is 65.4. The Morgan fingerprint density at radius 1 is 0.318 bits per heavy atom. The molecule has 88 heavy (non-hydrogen) atoms. The van der Waals surface area contributed by atoms with Gasteiger partial charge in [0.2, 0.25) is 0 Å². The number of carbonyl (C=O) groups excluding carboxylic acids is 4. The van der Waals surface area contributed by atoms with E-state index in [0.29, 0.717) is 31.6 Å². The number of carbonyl (C=O) groups is 4. The summed E-state index contributed by atoms with van der Waals surface area (Å²) in [6, 6.07) is 0. The van der Waals surface area contributed by atoms with Gasteiger partial charge in [0.15, 0.2) is 12.2 Å². The second-order valence-corrected chi connectivity index (χ2v) is 29.5. The van der Waals surface area contributed by atoms with Gasteiger partial charge in [-0.2, -0.15) is 0 Å². The molecule has 3 N–H and O–H groups in total. The molecule has 0 spiro atoms. The fourth-order valence-electron chi connectivity index (χ4n) is 10.3. The molecule has 0 radical (unpaired) electrons. The van der Waals surface area contributed by atoms with Crippen molar-refractivity contribution < 1.29 is 80.2 Å². The molecule has 0 saturated carbocycles. The van der Waals surface area contributed by atoms with Crippen LogP contribution in [0.1, 0.15) is 338 Å². The van der Waals surface area contributed by atoms with E-state index in [9.17, 15) is 43.2 Å². The van der Waals surface area contributed by atoms with Gasteiger partial charge in [-0.3, -0.25) is 37.3 Å². The number of aliphatic hydroxyl groups excluding tert-OH is 1. The van der Waals surface area contributed by atoms with Gasteiger partial charge < -0.3 is 33.8 Å². The molecule has 0 amide bonds. The van der Waals surface area contributed by atoms with Crippen molar-refractivity contribution in [2.24, 2.45) is 23.7 Å². The second-order valence-electron chi connectivity index (χ2n) is 26.6. The van der Waals surface area contributed by atoms with Crippen LogP contribution in [0.2, 0.25) is 0 Å². The van der Waals surface area contributed by atoms with Gasteiger partial charge in [0, 0.05) is 25.7 Å². The molecule has 0 aliphatic carbocycles. The Bertz CT molecular complexity index is 1750. The fraction of sp³-hybridized carbons (Fsp3) is 0.942. The highest BCUT2D eigenvalue weighted by Gasteiger charge is 2.30. The van der Waals surface area contributed by atoms with Gasteiger partial charge in [-0.15, -0.1) is 0 Å². The van der Waals surface area contributed by atoms with E-state index in [1.54, 1.807) is 0 Å². The standard InChI is InChI=1S/C69H134O17P2/c1-9-62(8)48-40-32-27-28-34-42-50-67(72)80-56-65(86-69(74)52-44-36-25-19-15-17-22-30-38-46-60(4)5)58-84-88(77,78)82-54-63(70)53-81-87(75,76)83-57-64(55-79-66(71)49-41-33-26-20-23-31-39-47-61(6)7)85-68(73)51-43-35-24-18-14-12-10-11-13-16-21-29-37-45-59(2)3/h59-65,70H,9-58H2,1-8H3,(H,75,76)(H,77,78)/t62?,63?,64-,65-/m1/s1. The highest BCUT2D eigenvalue weighted by Crippen LogP contribution is 2.45. The summed E-state index contributed by atoms with van der Waals surface area (Å²) in [6.45, 7) is 14.0. The van der Waals surface area contributed by atoms with Crippen LogP contribution in [-0.2, 0) is 65.4 Å². The highest BCUT2D eigenvalue weighted by atomic mass is 31.2. The minimum atomic E-state index is -4.95. The van der Waals surface area contributed by atoms with Crippen molar-refractivity contribution in [2.45, 2.75) is 356 Å². The van der Waals surface area contributed by atoms with Crippen molar-refractivity contribution in [1.29, 1.82) is 0 Å². The molecule has 0 aromatic heterocycles. The van der Waals surface area contributed by atoms with Crippen LogP contribution in [0.3, 0.4) is 0 Å². The molecule has 0 aromatic carbocycles. The molecular formula is C69H134O17P2. The van der Waals surface area contributed by atoms with Crippen LogP contribution >= 0.6 is 15.6 Å². The van der Waals surface area contributed by atoms with E-state index in [2.05, 4.69) is 55.4 Å². The fourth-order valence-corrected chi connectivity index (χ4v) is 11.9. The van der Waals surface area contributed by atoms with Crippen LogP contribution in [-0.4, -0.2) is 96.7 Å². The van der Waals surface area contributed by atoms with Gasteiger partial charge in [0.1, 0.15) is 19.3 Å². The minimum absolute atomic E-state index is 0.104. The third-order valence-corrected chi connectivity index (χ3v) is 18.1. The molecule has 0 heterocycles. The van der Waals surface area contributed by atoms with E-state index in [-0.39, 0.29) is 25.7 Å². The maximum atomic E-state index is 13.0. The van der Waals surface area contributed by atoms with Crippen LogP contribution < -0.4 is 0 Å². The molecule has 0 aliphatic rings. The van der Waals surface area contributed by atoms with Crippen molar-refractivity contribution >= 4 is 39.5 Å². The summed E-state index contributed by atoms with van der Waals surface area (Å²) < 4.78 is 68.2. The molecule has 0 saturated heterocycles. The number of esters is 4. The first kappa shape index (κ1) is 86.1. The quantitative estimate of drug-likeness (QED) is 0.0222. The summed E-state index contributed by atoms with van der Waals surface area (Å²) >= 11 is 0. The maximum Gasteiger partial charge on any atom is 0.472 e. The zero-order valence-corrected chi connectivity index (χ0v) is 59.1. The normalized spacial score (nSPS) is 14.6. The summed E-state index contributed by atoms with van der Waals surface area (Å²) in [6.07, 6.45) is 40.4. The van der Waals surface area contributed by atoms with Crippen LogP contribution in [0, 0.1) is 23.7 Å². The second kappa shape index (κ2) is 58.8. The number of ether oxygens (including phenoxy) is 4. The van der Waals surface area contributed by atoms with E-state index in [1.807, 2.05) is 0 Å². The number of hydrogen-bond donors (Lipinski definition) is 3. The van der Waals surface area contributed by atoms with E-state index in [1.165, 1.54) is 128 Å². The third-order valence-electron chi connectivity index (χ3n) is 16.2. The summed E-state index contributed by atoms with van der Waals surface area (Å²) in [5, 5.41) is 10.6. The Kier molecular flexibility index (Phi) is 57.6. The molecule has 6 atom stereocenters. The largest absolute Gasteiger partial charge is 0.472 e. The smallest absolute Gasteiger partial charge is 0.462 e. The Morgan fingerprint density at radius 3 is 0.807 bits per heavy atom. The van der Waals surface area contributed by atoms with Gasteiger partial charge in [0.25, 0.3) is 0 Å². The van der Waals surface area contributed by atoms with Gasteiger partial charge in [-0.1, -0.05) is 287 Å². The molecule has 0 rings (SSSR count). The number of rotatable bonds is 66. The van der Waals surface area contributed by atoms with E-state index < -0.39 is 97.5 Å². The van der Waals surface area contributed by atoms with Crippen molar-refractivity contribution in [3.8, 4) is 0 Å². The molecule has 4 unspecified atom stereocenters. The van der Waals surface area contributed by atoms with Gasteiger partial charge in [-0.25, -0.2) is 9.13 Å². The van der Waals surface area contributed by atoms with Gasteiger partial charge in [-0.05, 0) is 49.4 Å². The number of phosphoric acid groups is 2. The summed E-state index contributed by atoms with van der Waals surface area (Å²) in [5.41, 5.74) is 0. The molecule has 0 bridgehead atoms. The first-order valence-corrected chi connectivity index (χ1v) is 38.7. The number of aliphatic hydroxyl groups is 1. The van der Waals surface area contributed by atoms with Crippen molar-refractivity contribution in [3.05, 3.63) is 0 Å². The van der Waals surface area contributed by atoms with Gasteiger partial charge in [0.05, 0.1) is 26.4 Å².